The van der Waals surface area contributed by atoms with Gasteiger partial charge in [0, 0.05) is 12.7 Å². The maximum atomic E-state index is 13.8. The molecule has 2 aromatic rings. The number of nitrogens with zero attached hydrogens (tertiary/aromatic N) is 1. The summed E-state index contributed by atoms with van der Waals surface area (Å²) in [6.07, 6.45) is 0.827. The smallest absolute Gasteiger partial charge is 0.408 e. The Kier molecular flexibility index (Phi) is 10.5. The molecule has 2 N–H and O–H groups in total. The van der Waals surface area contributed by atoms with E-state index in [0.29, 0.717) is 23.4 Å². The zero-order valence-corrected chi connectivity index (χ0v) is 23.3. The van der Waals surface area contributed by atoms with Crippen LogP contribution in [0.3, 0.4) is 0 Å². The predicted octanol–water partition coefficient (Wildman–Crippen LogP) is 5.34. The second-order valence-electron chi connectivity index (χ2n) is 10.2. The first-order chi connectivity index (χ1) is 17.4. The number of alkyl carbamates (subject to hydrolysis) is 1. The summed E-state index contributed by atoms with van der Waals surface area (Å²) in [5.74, 6) is -0.267. The molecular weight excluding hydrogens is 470 g/mol. The molecule has 8 nitrogen and oxygen atoms in total. The summed E-state index contributed by atoms with van der Waals surface area (Å²) in [5, 5.41) is 5.64. The van der Waals surface area contributed by atoms with E-state index in [2.05, 4.69) is 17.6 Å². The molecule has 0 heterocycles. The van der Waals surface area contributed by atoms with Gasteiger partial charge >= 0.3 is 6.09 Å². The molecule has 3 unspecified atom stereocenters. The molecular formula is C29H41N3O5. The number of carbonyl (C=O) groups is 3. The third kappa shape index (κ3) is 8.51. The van der Waals surface area contributed by atoms with Gasteiger partial charge in [0.05, 0.1) is 7.11 Å². The van der Waals surface area contributed by atoms with E-state index in [1.54, 1.807) is 59.2 Å². The molecule has 8 heteroatoms. The van der Waals surface area contributed by atoms with Gasteiger partial charge in [-0.15, -0.1) is 0 Å². The fourth-order valence-corrected chi connectivity index (χ4v) is 3.84. The van der Waals surface area contributed by atoms with Crippen molar-refractivity contribution in [2.75, 3.05) is 19.5 Å². The molecule has 0 aromatic heterocycles. The molecule has 3 atom stereocenters. The number of ether oxygens (including phenoxy) is 2. The average molecular weight is 512 g/mol. The third-order valence-corrected chi connectivity index (χ3v) is 6.20. The maximum absolute atomic E-state index is 13.8. The van der Waals surface area contributed by atoms with Gasteiger partial charge in [-0.1, -0.05) is 51.5 Å². The van der Waals surface area contributed by atoms with E-state index in [0.717, 1.165) is 12.0 Å². The molecule has 0 aliphatic carbocycles. The van der Waals surface area contributed by atoms with Gasteiger partial charge in [-0.05, 0) is 68.5 Å². The lowest BCUT2D eigenvalue weighted by molar-refractivity contribution is -0.140. The zero-order chi connectivity index (χ0) is 27.8. The van der Waals surface area contributed by atoms with Crippen LogP contribution in [0, 0.1) is 5.92 Å². The predicted molar refractivity (Wildman–Crippen MR) is 146 cm³/mol. The highest BCUT2D eigenvalue weighted by molar-refractivity contribution is 5.99. The van der Waals surface area contributed by atoms with E-state index in [1.807, 2.05) is 38.1 Å². The van der Waals surface area contributed by atoms with Crippen molar-refractivity contribution in [2.24, 2.45) is 5.92 Å². The Morgan fingerprint density at radius 1 is 0.973 bits per heavy atom. The molecule has 0 aliphatic rings. The minimum atomic E-state index is -0.924. The number of anilines is 1. The molecule has 0 radical (unpaired) electrons. The van der Waals surface area contributed by atoms with E-state index in [9.17, 15) is 14.4 Å². The number of aryl methyl sites for hydroxylation is 1. The number of amides is 3. The van der Waals surface area contributed by atoms with Crippen LogP contribution in [0.2, 0.25) is 0 Å². The minimum Gasteiger partial charge on any atom is -0.497 e. The Morgan fingerprint density at radius 2 is 1.57 bits per heavy atom. The van der Waals surface area contributed by atoms with Crippen LogP contribution in [-0.4, -0.2) is 48.6 Å². The minimum absolute atomic E-state index is 0.185. The average Bonchev–Trinajstić information content (AvgIpc) is 2.86. The lowest BCUT2D eigenvalue weighted by atomic mass is 9.96. The van der Waals surface area contributed by atoms with Crippen molar-refractivity contribution < 1.29 is 23.9 Å². The lowest BCUT2D eigenvalue weighted by Gasteiger charge is -2.33. The monoisotopic (exact) mass is 511 g/mol. The van der Waals surface area contributed by atoms with Crippen LogP contribution in [0.25, 0.3) is 0 Å². The molecule has 2 rings (SSSR count). The first-order valence-corrected chi connectivity index (χ1v) is 12.7. The summed E-state index contributed by atoms with van der Waals surface area (Å²) >= 11 is 0. The molecule has 3 amide bonds. The molecule has 2 aromatic carbocycles. The van der Waals surface area contributed by atoms with Gasteiger partial charge in [-0.3, -0.25) is 9.59 Å². The molecule has 0 saturated heterocycles. The van der Waals surface area contributed by atoms with E-state index in [-0.39, 0.29) is 17.7 Å². The summed E-state index contributed by atoms with van der Waals surface area (Å²) in [6.45, 7) is 11.2. The topological polar surface area (TPSA) is 97.0 Å². The number of benzene rings is 2. The molecule has 0 fully saturated rings. The van der Waals surface area contributed by atoms with E-state index in [4.69, 9.17) is 9.47 Å². The third-order valence-electron chi connectivity index (χ3n) is 6.20. The fourth-order valence-electron chi connectivity index (χ4n) is 3.84. The quantitative estimate of drug-likeness (QED) is 0.449. The zero-order valence-electron chi connectivity index (χ0n) is 23.3. The Bertz CT molecular complexity index is 1040. The van der Waals surface area contributed by atoms with E-state index < -0.39 is 23.8 Å². The van der Waals surface area contributed by atoms with Gasteiger partial charge in [0.1, 0.15) is 23.4 Å². The van der Waals surface area contributed by atoms with Crippen molar-refractivity contribution in [3.8, 4) is 5.75 Å². The number of hydrogen-bond acceptors (Lipinski definition) is 5. The maximum Gasteiger partial charge on any atom is 0.408 e. The van der Waals surface area contributed by atoms with Crippen LogP contribution >= 0.6 is 0 Å². The summed E-state index contributed by atoms with van der Waals surface area (Å²) < 4.78 is 10.6. The number of rotatable bonds is 10. The van der Waals surface area contributed by atoms with Gasteiger partial charge in [-0.25, -0.2) is 4.79 Å². The highest BCUT2D eigenvalue weighted by Gasteiger charge is 2.36. The van der Waals surface area contributed by atoms with Crippen molar-refractivity contribution in [3.05, 3.63) is 59.7 Å². The van der Waals surface area contributed by atoms with E-state index in [1.165, 1.54) is 4.90 Å². The number of hydrogen-bond donors (Lipinski definition) is 2. The summed E-state index contributed by atoms with van der Waals surface area (Å²) in [5.41, 5.74) is 1.66. The lowest BCUT2D eigenvalue weighted by Crippen LogP contribution is -2.53. The van der Waals surface area contributed by atoms with Crippen LogP contribution in [0.4, 0.5) is 10.5 Å². The Labute approximate surface area is 220 Å². The first kappa shape index (κ1) is 29.7. The molecule has 0 bridgehead atoms. The normalized spacial score (nSPS) is 13.6. The second kappa shape index (κ2) is 13.1. The largest absolute Gasteiger partial charge is 0.497 e. The number of nitrogens with one attached hydrogen (secondary N) is 2. The van der Waals surface area contributed by atoms with Crippen LogP contribution < -0.4 is 15.4 Å². The van der Waals surface area contributed by atoms with Crippen LogP contribution in [0.5, 0.6) is 5.75 Å². The van der Waals surface area contributed by atoms with Gasteiger partial charge in [0.15, 0.2) is 0 Å². The summed E-state index contributed by atoms with van der Waals surface area (Å²) in [4.78, 5) is 41.3. The number of methoxy groups -OCH3 is 1. The van der Waals surface area contributed by atoms with Crippen molar-refractivity contribution in [3.63, 3.8) is 0 Å². The van der Waals surface area contributed by atoms with Gasteiger partial charge < -0.3 is 25.0 Å². The van der Waals surface area contributed by atoms with Crippen molar-refractivity contribution >= 4 is 23.6 Å². The second-order valence-corrected chi connectivity index (χ2v) is 10.2. The Hall–Kier alpha value is -3.55. The first-order valence-electron chi connectivity index (χ1n) is 12.7. The van der Waals surface area contributed by atoms with Crippen LogP contribution in [-0.2, 0) is 20.7 Å². The van der Waals surface area contributed by atoms with Crippen molar-refractivity contribution in [1.29, 1.82) is 0 Å². The van der Waals surface area contributed by atoms with Crippen LogP contribution in [0.15, 0.2) is 48.5 Å². The molecule has 202 valence electrons. The Morgan fingerprint density at radius 3 is 2.05 bits per heavy atom. The highest BCUT2D eigenvalue weighted by Crippen LogP contribution is 2.26. The van der Waals surface area contributed by atoms with Gasteiger partial charge in [0.25, 0.3) is 5.91 Å². The van der Waals surface area contributed by atoms with Crippen molar-refractivity contribution in [2.45, 2.75) is 72.1 Å². The molecule has 0 aliphatic heterocycles. The number of carbonyl (C=O) groups excluding carboxylic acids is 3. The molecule has 0 spiro atoms. The fraction of sp³-hybridized carbons (Fsp3) is 0.483. The molecule has 37 heavy (non-hydrogen) atoms. The van der Waals surface area contributed by atoms with Gasteiger partial charge in [0.2, 0.25) is 5.91 Å². The van der Waals surface area contributed by atoms with E-state index >= 15 is 0 Å². The SMILES string of the molecule is CCc1ccc(C(C(=O)Nc2ccc(OC)cc2)N(C)C(=O)C(NC(=O)OC(C)(C)C)C(C)CC)cc1. The molecule has 0 saturated carbocycles. The summed E-state index contributed by atoms with van der Waals surface area (Å²) in [6, 6.07) is 12.8. The Balaban J connectivity index is 2.39. The highest BCUT2D eigenvalue weighted by atomic mass is 16.6. The standard InChI is InChI=1S/C29H41N3O5/c1-9-19(3)24(31-28(35)37-29(4,5)6)27(34)32(7)25(21-13-11-20(10-2)12-14-21)26(33)30-22-15-17-23(36-8)18-16-22/h11-19,24-25H,9-10H2,1-8H3,(H,30,33)(H,31,35). The van der Waals surface area contributed by atoms with Crippen LogP contribution in [0.1, 0.15) is 65.1 Å². The number of likely N-dealkylation sites (N-methyl/N-ethyl adjacent to an activating group) is 1. The van der Waals surface area contributed by atoms with Gasteiger partial charge in [-0.2, -0.15) is 0 Å². The summed E-state index contributed by atoms with van der Waals surface area (Å²) in [7, 11) is 3.16. The van der Waals surface area contributed by atoms with Crippen molar-refractivity contribution in [1.82, 2.24) is 10.2 Å².